The Morgan fingerprint density at radius 2 is 1.95 bits per heavy atom. The van der Waals surface area contributed by atoms with Crippen molar-refractivity contribution >= 4 is 22.6 Å². The van der Waals surface area contributed by atoms with Crippen LogP contribution in [0.2, 0.25) is 0 Å². The summed E-state index contributed by atoms with van der Waals surface area (Å²) in [5, 5.41) is 3.41. The number of benzene rings is 2. The molecule has 0 aliphatic carbocycles. The van der Waals surface area contributed by atoms with Crippen LogP contribution in [0, 0.1) is 12.7 Å². The van der Waals surface area contributed by atoms with Gasteiger partial charge in [0, 0.05) is 50.5 Å². The molecule has 0 radical (unpaired) electrons. The van der Waals surface area contributed by atoms with E-state index in [9.17, 15) is 14.0 Å². The third-order valence-corrected chi connectivity index (χ3v) is 7.81. The summed E-state index contributed by atoms with van der Waals surface area (Å²) in [5.41, 5.74) is 5.68. The van der Waals surface area contributed by atoms with E-state index in [1.165, 1.54) is 6.07 Å². The van der Waals surface area contributed by atoms with Crippen LogP contribution in [0.25, 0.3) is 22.4 Å². The number of morpholine rings is 1. The zero-order chi connectivity index (χ0) is 27.8. The Morgan fingerprint density at radius 3 is 2.77 bits per heavy atom. The van der Waals surface area contributed by atoms with E-state index in [1.807, 2.05) is 30.9 Å². The molecule has 3 N–H and O–H groups in total. The Morgan fingerprint density at radius 1 is 1.12 bits per heavy atom. The van der Waals surface area contributed by atoms with E-state index in [-0.39, 0.29) is 23.3 Å². The number of aromatic amines is 2. The van der Waals surface area contributed by atoms with Gasteiger partial charge in [-0.15, -0.1) is 0 Å². The summed E-state index contributed by atoms with van der Waals surface area (Å²) in [6.07, 6.45) is 2.18. The number of carbonyl (C=O) groups is 1. The molecule has 40 heavy (non-hydrogen) atoms. The number of aryl methyl sites for hydroxylation is 1. The number of pyridine rings is 1. The molecule has 2 aromatic carbocycles. The minimum Gasteiger partial charge on any atom is -0.381 e. The van der Waals surface area contributed by atoms with E-state index < -0.39 is 0 Å². The molecule has 4 aromatic rings. The molecule has 1 fully saturated rings. The van der Waals surface area contributed by atoms with Crippen LogP contribution < -0.4 is 10.9 Å². The molecule has 1 saturated heterocycles. The van der Waals surface area contributed by atoms with Crippen molar-refractivity contribution in [3.8, 4) is 11.4 Å². The number of imidazole rings is 1. The predicted molar refractivity (Wildman–Crippen MR) is 152 cm³/mol. The molecule has 4 heterocycles. The van der Waals surface area contributed by atoms with Crippen molar-refractivity contribution in [1.82, 2.24) is 24.8 Å². The maximum absolute atomic E-state index is 13.8. The summed E-state index contributed by atoms with van der Waals surface area (Å²) in [7, 11) is 0. The van der Waals surface area contributed by atoms with Gasteiger partial charge in [-0.2, -0.15) is 0 Å². The molecule has 9 nitrogen and oxygen atoms in total. The molecule has 0 spiro atoms. The first kappa shape index (κ1) is 26.2. The lowest BCUT2D eigenvalue weighted by Gasteiger charge is -2.28. The normalized spacial score (nSPS) is 16.5. The largest absolute Gasteiger partial charge is 0.381 e. The van der Waals surface area contributed by atoms with Gasteiger partial charge in [0.15, 0.2) is 0 Å². The molecule has 0 saturated carbocycles. The number of carbonyl (C=O) groups excluding carboxylic acids is 1. The quantitative estimate of drug-likeness (QED) is 0.312. The van der Waals surface area contributed by atoms with Crippen LogP contribution in [0.4, 0.5) is 10.1 Å². The maximum Gasteiger partial charge on any atom is 0.261 e. The highest BCUT2D eigenvalue weighted by atomic mass is 19.1. The second-order valence-electron chi connectivity index (χ2n) is 10.7. The van der Waals surface area contributed by atoms with Crippen LogP contribution in [-0.2, 0) is 17.7 Å². The van der Waals surface area contributed by atoms with Crippen LogP contribution in [0.5, 0.6) is 0 Å². The van der Waals surface area contributed by atoms with Gasteiger partial charge < -0.3 is 24.9 Å². The van der Waals surface area contributed by atoms with Crippen LogP contribution >= 0.6 is 0 Å². The van der Waals surface area contributed by atoms with Gasteiger partial charge in [0.2, 0.25) is 0 Å². The molecule has 1 atom stereocenters. The van der Waals surface area contributed by atoms with Gasteiger partial charge in [0.25, 0.3) is 11.5 Å². The lowest BCUT2D eigenvalue weighted by molar-refractivity contribution is 0.0327. The average molecular weight is 545 g/mol. The Balaban J connectivity index is 1.22. The van der Waals surface area contributed by atoms with Gasteiger partial charge in [-0.05, 0) is 67.3 Å². The number of halogens is 1. The average Bonchev–Trinajstić information content (AvgIpc) is 3.48. The van der Waals surface area contributed by atoms with E-state index in [1.54, 1.807) is 24.4 Å². The lowest BCUT2D eigenvalue weighted by atomic mass is 10.0. The van der Waals surface area contributed by atoms with Crippen molar-refractivity contribution in [2.24, 2.45) is 0 Å². The monoisotopic (exact) mass is 544 g/mol. The molecule has 2 aliphatic heterocycles. The fourth-order valence-corrected chi connectivity index (χ4v) is 5.61. The molecule has 208 valence electrons. The van der Waals surface area contributed by atoms with Crippen LogP contribution in [0.1, 0.15) is 34.0 Å². The summed E-state index contributed by atoms with van der Waals surface area (Å²) in [4.78, 5) is 41.1. The second-order valence-corrected chi connectivity index (χ2v) is 10.7. The van der Waals surface area contributed by atoms with Crippen LogP contribution in [-0.4, -0.2) is 76.1 Å². The van der Waals surface area contributed by atoms with Gasteiger partial charge in [-0.1, -0.05) is 6.07 Å². The highest BCUT2D eigenvalue weighted by molar-refractivity contribution is 6.02. The van der Waals surface area contributed by atoms with Crippen LogP contribution in [0.15, 0.2) is 47.4 Å². The van der Waals surface area contributed by atoms with Crippen LogP contribution in [0.3, 0.4) is 0 Å². The second kappa shape index (κ2) is 10.9. The number of aromatic nitrogens is 3. The summed E-state index contributed by atoms with van der Waals surface area (Å²) in [6.45, 7) is 9.26. The Labute approximate surface area is 231 Å². The molecular weight excluding hydrogens is 511 g/mol. The highest BCUT2D eigenvalue weighted by Gasteiger charge is 2.29. The predicted octanol–water partition coefficient (Wildman–Crippen LogP) is 3.70. The molecule has 2 aliphatic rings. The smallest absolute Gasteiger partial charge is 0.261 e. The number of amides is 1. The van der Waals surface area contributed by atoms with Gasteiger partial charge in [0.1, 0.15) is 17.2 Å². The van der Waals surface area contributed by atoms with E-state index in [4.69, 9.17) is 9.72 Å². The molecule has 2 aromatic heterocycles. The summed E-state index contributed by atoms with van der Waals surface area (Å²) in [6, 6.07) is 10.3. The number of hydrogen-bond donors (Lipinski definition) is 3. The lowest BCUT2D eigenvalue weighted by Crippen LogP contribution is -2.41. The van der Waals surface area contributed by atoms with Crippen molar-refractivity contribution in [3.05, 3.63) is 81.0 Å². The van der Waals surface area contributed by atoms with E-state index in [0.717, 1.165) is 55.1 Å². The summed E-state index contributed by atoms with van der Waals surface area (Å²) < 4.78 is 19.2. The van der Waals surface area contributed by atoms with Gasteiger partial charge in [0.05, 0.1) is 29.9 Å². The standard InChI is InChI=1S/C30H33FN6O3/c1-18-3-4-22(31)14-20(18)13-19(2)33-24-5-6-32-29(38)27(24)28-34-25-15-21-17-37(8-7-36-9-11-40-12-10-36)30(39)23(21)16-26(25)35-28/h3-6,14-16,19H,7-13,17H2,1-2H3,(H,34,35)(H2,32,33,38). The van der Waals surface area contributed by atoms with Gasteiger partial charge in [-0.3, -0.25) is 14.5 Å². The summed E-state index contributed by atoms with van der Waals surface area (Å²) >= 11 is 0. The number of nitrogens with zero attached hydrogens (tertiary/aromatic N) is 3. The van der Waals surface area contributed by atoms with Gasteiger partial charge >= 0.3 is 0 Å². The Hall–Kier alpha value is -4.02. The van der Waals surface area contributed by atoms with Gasteiger partial charge in [-0.25, -0.2) is 9.37 Å². The van der Waals surface area contributed by atoms with Crippen molar-refractivity contribution in [2.45, 2.75) is 32.9 Å². The van der Waals surface area contributed by atoms with Crippen molar-refractivity contribution in [1.29, 1.82) is 0 Å². The maximum atomic E-state index is 13.8. The Bertz CT molecular complexity index is 1620. The Kier molecular flexibility index (Phi) is 7.12. The fourth-order valence-electron chi connectivity index (χ4n) is 5.61. The zero-order valence-electron chi connectivity index (χ0n) is 22.7. The van der Waals surface area contributed by atoms with Crippen molar-refractivity contribution in [2.75, 3.05) is 44.7 Å². The molecule has 1 unspecified atom stereocenters. The zero-order valence-corrected chi connectivity index (χ0v) is 22.7. The number of nitrogens with one attached hydrogen (secondary N) is 3. The number of fused-ring (bicyclic) bond motifs is 2. The first-order valence-corrected chi connectivity index (χ1v) is 13.7. The van der Waals surface area contributed by atoms with E-state index in [0.29, 0.717) is 47.7 Å². The van der Waals surface area contributed by atoms with Crippen molar-refractivity contribution < 1.29 is 13.9 Å². The molecule has 1 amide bonds. The van der Waals surface area contributed by atoms with Crippen molar-refractivity contribution in [3.63, 3.8) is 0 Å². The topological polar surface area (TPSA) is 106 Å². The van der Waals surface area contributed by atoms with E-state index in [2.05, 4.69) is 20.2 Å². The minimum absolute atomic E-state index is 0.0103. The number of H-pyrrole nitrogens is 2. The first-order valence-electron chi connectivity index (χ1n) is 13.7. The summed E-state index contributed by atoms with van der Waals surface area (Å²) in [5.74, 6) is 0.169. The van der Waals surface area contributed by atoms with E-state index >= 15 is 0 Å². The number of anilines is 1. The third kappa shape index (κ3) is 5.24. The third-order valence-electron chi connectivity index (χ3n) is 7.81. The number of ether oxygens (including phenoxy) is 1. The SMILES string of the molecule is Cc1ccc(F)cc1CC(C)Nc1cc[nH]c(=O)c1-c1nc2cc3c(cc2[nH]1)CN(CCN1CCOCC1)C3=O. The fraction of sp³-hybridized carbons (Fsp3) is 0.367. The first-order chi connectivity index (χ1) is 19.4. The molecule has 0 bridgehead atoms. The molecular formula is C30H33FN6O3. The molecule has 6 rings (SSSR count). The minimum atomic E-state index is -0.281. The molecule has 10 heteroatoms. The number of rotatable bonds is 8. The number of hydrogen-bond acceptors (Lipinski definition) is 6. The highest BCUT2D eigenvalue weighted by Crippen LogP contribution is 2.30.